The van der Waals surface area contributed by atoms with Crippen LogP contribution in [-0.2, 0) is 16.9 Å². The molecule has 0 saturated carbocycles. The second-order valence-corrected chi connectivity index (χ2v) is 7.02. The molecule has 0 aromatic carbocycles. The van der Waals surface area contributed by atoms with Crippen molar-refractivity contribution in [2.24, 2.45) is 7.05 Å². The molecule has 0 aliphatic carbocycles. The summed E-state index contributed by atoms with van der Waals surface area (Å²) in [5.74, 6) is 0.905. The van der Waals surface area contributed by atoms with Crippen molar-refractivity contribution in [1.82, 2.24) is 9.55 Å². The van der Waals surface area contributed by atoms with Crippen LogP contribution in [-0.4, -0.2) is 40.4 Å². The van der Waals surface area contributed by atoms with Crippen LogP contribution in [0.1, 0.15) is 18.7 Å². The average Bonchev–Trinajstić information content (AvgIpc) is 2.60. The zero-order chi connectivity index (χ0) is 14.2. The Labute approximate surface area is 110 Å². The molecule has 2 rings (SSSR count). The van der Waals surface area contributed by atoms with Gasteiger partial charge in [-0.1, -0.05) is 0 Å². The van der Waals surface area contributed by atoms with Crippen LogP contribution in [0.3, 0.4) is 0 Å². The summed E-state index contributed by atoms with van der Waals surface area (Å²) in [6.07, 6.45) is 0.924. The van der Waals surface area contributed by atoms with Gasteiger partial charge < -0.3 is 15.4 Å². The van der Waals surface area contributed by atoms with Gasteiger partial charge in [-0.2, -0.15) is 0 Å². The summed E-state index contributed by atoms with van der Waals surface area (Å²) in [4.78, 5) is 14.3. The van der Waals surface area contributed by atoms with Gasteiger partial charge in [-0.25, -0.2) is 8.42 Å². The quantitative estimate of drug-likeness (QED) is 0.645. The van der Waals surface area contributed by atoms with E-state index in [-0.39, 0.29) is 23.4 Å². The van der Waals surface area contributed by atoms with Gasteiger partial charge in [0, 0.05) is 20.0 Å². The van der Waals surface area contributed by atoms with Gasteiger partial charge in [0.2, 0.25) is 11.6 Å². The van der Waals surface area contributed by atoms with Crippen molar-refractivity contribution < 1.29 is 13.3 Å². The van der Waals surface area contributed by atoms with Crippen molar-refractivity contribution in [2.75, 3.05) is 16.8 Å². The molecule has 0 spiro atoms. The molecule has 1 aromatic rings. The van der Waals surface area contributed by atoms with Crippen LogP contribution in [0.2, 0.25) is 0 Å². The van der Waals surface area contributed by atoms with E-state index in [1.54, 1.807) is 18.5 Å². The summed E-state index contributed by atoms with van der Waals surface area (Å²) < 4.78 is 24.3. The van der Waals surface area contributed by atoms with Gasteiger partial charge in [-0.15, -0.1) is 0 Å². The summed E-state index contributed by atoms with van der Waals surface area (Å²) in [6, 6.07) is -0.0722. The van der Waals surface area contributed by atoms with Gasteiger partial charge >= 0.3 is 5.82 Å². The lowest BCUT2D eigenvalue weighted by atomic mass is 10.1. The van der Waals surface area contributed by atoms with E-state index in [4.69, 9.17) is 0 Å². The summed E-state index contributed by atoms with van der Waals surface area (Å²) in [6.45, 7) is 1.68. The monoisotopic (exact) mass is 288 g/mol. The van der Waals surface area contributed by atoms with Crippen molar-refractivity contribution >= 4 is 21.5 Å². The van der Waals surface area contributed by atoms with E-state index >= 15 is 0 Å². The van der Waals surface area contributed by atoms with Crippen molar-refractivity contribution in [1.29, 1.82) is 0 Å². The predicted molar refractivity (Wildman–Crippen MR) is 69.9 cm³/mol. The highest BCUT2D eigenvalue weighted by atomic mass is 32.2. The molecule has 1 fully saturated rings. The standard InChI is InChI=1S/C10H16N4O4S/c1-7-11-10(14(15)16)9(13(7)2)12-8-3-5-19(17,18)6-4-8/h8,12H,3-6H2,1-2H3. The molecule has 0 unspecified atom stereocenters. The Hall–Kier alpha value is -1.64. The highest BCUT2D eigenvalue weighted by Gasteiger charge is 2.29. The smallest absolute Gasteiger partial charge is 0.361 e. The maximum absolute atomic E-state index is 11.3. The summed E-state index contributed by atoms with van der Waals surface area (Å²) >= 11 is 0. The van der Waals surface area contributed by atoms with Gasteiger partial charge in [-0.3, -0.25) is 4.57 Å². The Morgan fingerprint density at radius 1 is 1.42 bits per heavy atom. The first-order valence-electron chi connectivity index (χ1n) is 5.95. The first-order valence-corrected chi connectivity index (χ1v) is 7.77. The number of sulfone groups is 1. The lowest BCUT2D eigenvalue weighted by molar-refractivity contribution is -0.388. The summed E-state index contributed by atoms with van der Waals surface area (Å²) in [5.41, 5.74) is 0. The predicted octanol–water partition coefficient (Wildman–Crippen LogP) is 0.626. The zero-order valence-electron chi connectivity index (χ0n) is 10.8. The molecule has 1 N–H and O–H groups in total. The molecule has 2 heterocycles. The molecule has 1 aliphatic rings. The van der Waals surface area contributed by atoms with Crippen LogP contribution in [0.4, 0.5) is 11.6 Å². The molecule has 0 radical (unpaired) electrons. The number of anilines is 1. The Bertz CT molecular complexity index is 593. The number of imidazole rings is 1. The minimum Gasteiger partial charge on any atom is -0.361 e. The Balaban J connectivity index is 2.18. The minimum absolute atomic E-state index is 0.0722. The molecule has 0 amide bonds. The maximum Gasteiger partial charge on any atom is 0.406 e. The molecule has 1 aliphatic heterocycles. The number of aromatic nitrogens is 2. The second-order valence-electron chi connectivity index (χ2n) is 4.72. The number of rotatable bonds is 3. The molecule has 1 saturated heterocycles. The number of hydrogen-bond acceptors (Lipinski definition) is 6. The van der Waals surface area contributed by atoms with Crippen LogP contribution in [0.5, 0.6) is 0 Å². The fourth-order valence-corrected chi connectivity index (χ4v) is 3.60. The third-order valence-electron chi connectivity index (χ3n) is 3.37. The van der Waals surface area contributed by atoms with Gasteiger partial charge in [0.25, 0.3) is 0 Å². The summed E-state index contributed by atoms with van der Waals surface area (Å²) in [5, 5.41) is 14.0. The van der Waals surface area contributed by atoms with E-state index in [2.05, 4.69) is 10.3 Å². The zero-order valence-corrected chi connectivity index (χ0v) is 11.6. The highest BCUT2D eigenvalue weighted by molar-refractivity contribution is 7.91. The molecule has 9 heteroatoms. The average molecular weight is 288 g/mol. The minimum atomic E-state index is -2.94. The third-order valence-corrected chi connectivity index (χ3v) is 5.08. The van der Waals surface area contributed by atoms with Crippen LogP contribution in [0.15, 0.2) is 0 Å². The van der Waals surface area contributed by atoms with E-state index in [0.717, 1.165) is 0 Å². The van der Waals surface area contributed by atoms with Crippen molar-refractivity contribution in [3.05, 3.63) is 15.9 Å². The van der Waals surface area contributed by atoms with Gasteiger partial charge in [0.15, 0.2) is 0 Å². The summed E-state index contributed by atoms with van der Waals surface area (Å²) in [7, 11) is -1.24. The van der Waals surface area contributed by atoms with Crippen molar-refractivity contribution in [3.8, 4) is 0 Å². The highest BCUT2D eigenvalue weighted by Crippen LogP contribution is 2.26. The van der Waals surface area contributed by atoms with E-state index < -0.39 is 14.8 Å². The van der Waals surface area contributed by atoms with E-state index in [9.17, 15) is 18.5 Å². The van der Waals surface area contributed by atoms with Gasteiger partial charge in [0.1, 0.15) is 9.84 Å². The number of aryl methyl sites for hydroxylation is 1. The topological polar surface area (TPSA) is 107 Å². The van der Waals surface area contributed by atoms with Crippen LogP contribution >= 0.6 is 0 Å². The lowest BCUT2D eigenvalue weighted by Gasteiger charge is -2.23. The fourth-order valence-electron chi connectivity index (χ4n) is 2.11. The number of nitrogens with one attached hydrogen (secondary N) is 1. The molecule has 1 aromatic heterocycles. The Morgan fingerprint density at radius 3 is 2.53 bits per heavy atom. The van der Waals surface area contributed by atoms with Crippen LogP contribution in [0.25, 0.3) is 0 Å². The second kappa shape index (κ2) is 4.80. The largest absolute Gasteiger partial charge is 0.406 e. The van der Waals surface area contributed by atoms with Crippen LogP contribution in [0, 0.1) is 17.0 Å². The molecular formula is C10H16N4O4S. The first kappa shape index (κ1) is 13.8. The SMILES string of the molecule is Cc1nc([N+](=O)[O-])c(NC2CCS(=O)(=O)CC2)n1C. The Kier molecular flexibility index (Phi) is 3.48. The maximum atomic E-state index is 11.3. The number of hydrogen-bond donors (Lipinski definition) is 1. The molecule has 0 bridgehead atoms. The first-order chi connectivity index (χ1) is 8.80. The van der Waals surface area contributed by atoms with E-state index in [1.807, 2.05) is 0 Å². The molecule has 8 nitrogen and oxygen atoms in total. The molecule has 106 valence electrons. The normalized spacial score (nSPS) is 19.3. The van der Waals surface area contributed by atoms with Gasteiger partial charge in [-0.05, 0) is 22.7 Å². The fraction of sp³-hybridized carbons (Fsp3) is 0.700. The lowest BCUT2D eigenvalue weighted by Crippen LogP contribution is -2.32. The number of nitro groups is 1. The van der Waals surface area contributed by atoms with Crippen LogP contribution < -0.4 is 5.32 Å². The Morgan fingerprint density at radius 2 is 2.00 bits per heavy atom. The van der Waals surface area contributed by atoms with Crippen molar-refractivity contribution in [3.63, 3.8) is 0 Å². The van der Waals surface area contributed by atoms with E-state index in [0.29, 0.717) is 24.5 Å². The van der Waals surface area contributed by atoms with Gasteiger partial charge in [0.05, 0.1) is 11.5 Å². The van der Waals surface area contributed by atoms with Crippen molar-refractivity contribution in [2.45, 2.75) is 25.8 Å². The molecule has 0 atom stereocenters. The third kappa shape index (κ3) is 2.86. The molecular weight excluding hydrogens is 272 g/mol. The van der Waals surface area contributed by atoms with E-state index in [1.165, 1.54) is 0 Å². The molecule has 19 heavy (non-hydrogen) atoms. The number of nitrogens with zero attached hydrogens (tertiary/aromatic N) is 3.